The van der Waals surface area contributed by atoms with Crippen LogP contribution in [0.5, 0.6) is 0 Å². The van der Waals surface area contributed by atoms with Crippen LogP contribution in [0.25, 0.3) is 0 Å². The first-order valence-electron chi connectivity index (χ1n) is 4.24. The van der Waals surface area contributed by atoms with Gasteiger partial charge in [-0.15, -0.1) is 0 Å². The summed E-state index contributed by atoms with van der Waals surface area (Å²) in [7, 11) is 0. The van der Waals surface area contributed by atoms with E-state index in [1.54, 1.807) is 0 Å². The molecule has 0 amide bonds. The van der Waals surface area contributed by atoms with Crippen LogP contribution in [0.15, 0.2) is 0 Å². The molecule has 0 aromatic carbocycles. The van der Waals surface area contributed by atoms with Crippen molar-refractivity contribution in [1.29, 1.82) is 0 Å². The molecule has 0 saturated carbocycles. The van der Waals surface area contributed by atoms with Gasteiger partial charge in [0, 0.05) is 6.42 Å². The van der Waals surface area contributed by atoms with E-state index in [1.807, 2.05) is 6.92 Å². The summed E-state index contributed by atoms with van der Waals surface area (Å²) >= 11 is 7.48. The van der Waals surface area contributed by atoms with E-state index in [9.17, 15) is 9.59 Å². The normalized spacial score (nSPS) is 10.0. The average Bonchev–Trinajstić information content (AvgIpc) is 2.17. The van der Waals surface area contributed by atoms with Gasteiger partial charge >= 0.3 is 11.9 Å². The number of carbonyl (C=O) groups is 2. The third-order valence-corrected chi connectivity index (χ3v) is 1.82. The summed E-state index contributed by atoms with van der Waals surface area (Å²) in [6, 6.07) is 0. The standard InChI is InChI=1S/C8H14O4S2/c1-2-3-8(11-6(9)4-13)12-7(10)5-14/h8,13-14H,2-5H2,1H3. The maximum atomic E-state index is 10.9. The second-order valence-corrected chi connectivity index (χ2v) is 3.15. The fourth-order valence-corrected chi connectivity index (χ4v) is 0.894. The second-order valence-electron chi connectivity index (χ2n) is 2.51. The van der Waals surface area contributed by atoms with Gasteiger partial charge in [-0.2, -0.15) is 25.3 Å². The molecular weight excluding hydrogens is 224 g/mol. The highest BCUT2D eigenvalue weighted by Crippen LogP contribution is 2.06. The number of hydrogen-bond acceptors (Lipinski definition) is 6. The van der Waals surface area contributed by atoms with Gasteiger partial charge in [-0.1, -0.05) is 6.92 Å². The van der Waals surface area contributed by atoms with E-state index in [0.29, 0.717) is 6.42 Å². The molecule has 0 spiro atoms. The van der Waals surface area contributed by atoms with Crippen molar-refractivity contribution in [3.8, 4) is 0 Å². The Balaban J connectivity index is 4.00. The highest BCUT2D eigenvalue weighted by molar-refractivity contribution is 7.81. The van der Waals surface area contributed by atoms with Crippen LogP contribution < -0.4 is 0 Å². The predicted octanol–water partition coefficient (Wildman–Crippen LogP) is 1.06. The molecule has 0 heterocycles. The van der Waals surface area contributed by atoms with Crippen LogP contribution in [0.4, 0.5) is 0 Å². The zero-order valence-electron chi connectivity index (χ0n) is 7.93. The minimum atomic E-state index is -0.806. The molecule has 82 valence electrons. The van der Waals surface area contributed by atoms with Gasteiger partial charge in [0.2, 0.25) is 6.29 Å². The molecule has 6 heteroatoms. The molecule has 0 atom stereocenters. The summed E-state index contributed by atoms with van der Waals surface area (Å²) < 4.78 is 9.64. The molecule has 0 fully saturated rings. The number of rotatable bonds is 6. The van der Waals surface area contributed by atoms with E-state index in [0.717, 1.165) is 6.42 Å². The lowest BCUT2D eigenvalue weighted by Crippen LogP contribution is -2.25. The zero-order chi connectivity index (χ0) is 11.0. The zero-order valence-corrected chi connectivity index (χ0v) is 9.72. The number of esters is 2. The van der Waals surface area contributed by atoms with Gasteiger partial charge in [0.05, 0.1) is 11.5 Å². The van der Waals surface area contributed by atoms with Crippen LogP contribution in [-0.4, -0.2) is 29.7 Å². The highest BCUT2D eigenvalue weighted by atomic mass is 32.1. The summed E-state index contributed by atoms with van der Waals surface area (Å²) in [5.74, 6) is -1.06. The summed E-state index contributed by atoms with van der Waals surface area (Å²) in [6.07, 6.45) is 0.433. The maximum Gasteiger partial charge on any atom is 0.318 e. The summed E-state index contributed by atoms with van der Waals surface area (Å²) in [6.45, 7) is 1.90. The first kappa shape index (κ1) is 13.6. The molecular formula is C8H14O4S2. The Hall–Kier alpha value is -0.360. The molecule has 0 unspecified atom stereocenters. The van der Waals surface area contributed by atoms with Gasteiger partial charge < -0.3 is 9.47 Å². The molecule has 0 aliphatic carbocycles. The summed E-state index contributed by atoms with van der Waals surface area (Å²) in [5, 5.41) is 0. The second kappa shape index (κ2) is 7.99. The Morgan fingerprint density at radius 1 is 1.14 bits per heavy atom. The van der Waals surface area contributed by atoms with E-state index in [2.05, 4.69) is 25.3 Å². The lowest BCUT2D eigenvalue weighted by atomic mass is 10.3. The molecule has 0 N–H and O–H groups in total. The number of ether oxygens (including phenoxy) is 2. The van der Waals surface area contributed by atoms with Crippen LogP contribution in [0.2, 0.25) is 0 Å². The predicted molar refractivity (Wildman–Crippen MR) is 58.6 cm³/mol. The molecule has 0 radical (unpaired) electrons. The van der Waals surface area contributed by atoms with Crippen LogP contribution in [0, 0.1) is 0 Å². The third-order valence-electron chi connectivity index (χ3n) is 1.31. The smallest absolute Gasteiger partial charge is 0.318 e. The van der Waals surface area contributed by atoms with Gasteiger partial charge in [-0.3, -0.25) is 9.59 Å². The molecule has 14 heavy (non-hydrogen) atoms. The van der Waals surface area contributed by atoms with Gasteiger partial charge in [-0.25, -0.2) is 0 Å². The number of hydrogen-bond donors (Lipinski definition) is 2. The maximum absolute atomic E-state index is 10.9. The molecule has 0 rings (SSSR count). The average molecular weight is 238 g/mol. The first-order chi connectivity index (χ1) is 6.63. The number of carbonyl (C=O) groups excluding carboxylic acids is 2. The molecule has 0 saturated heterocycles. The summed E-state index contributed by atoms with van der Waals surface area (Å²) in [5.41, 5.74) is 0. The van der Waals surface area contributed by atoms with Crippen LogP contribution in [0.3, 0.4) is 0 Å². The monoisotopic (exact) mass is 238 g/mol. The van der Waals surface area contributed by atoms with Crippen molar-refractivity contribution in [2.24, 2.45) is 0 Å². The summed E-state index contributed by atoms with van der Waals surface area (Å²) in [4.78, 5) is 21.7. The molecule has 0 aliphatic heterocycles. The van der Waals surface area contributed by atoms with E-state index < -0.39 is 18.2 Å². The number of thiol groups is 2. The van der Waals surface area contributed by atoms with Crippen molar-refractivity contribution in [3.63, 3.8) is 0 Å². The van der Waals surface area contributed by atoms with E-state index in [-0.39, 0.29) is 11.5 Å². The fourth-order valence-electron chi connectivity index (χ4n) is 0.745. The molecule has 0 bridgehead atoms. The molecule has 0 aromatic rings. The lowest BCUT2D eigenvalue weighted by Gasteiger charge is -2.16. The van der Waals surface area contributed by atoms with Gasteiger partial charge in [0.15, 0.2) is 0 Å². The van der Waals surface area contributed by atoms with Crippen molar-refractivity contribution in [2.75, 3.05) is 11.5 Å². The van der Waals surface area contributed by atoms with E-state index >= 15 is 0 Å². The Bertz CT molecular complexity index is 178. The van der Waals surface area contributed by atoms with Crippen LogP contribution in [-0.2, 0) is 19.1 Å². The Kier molecular flexibility index (Phi) is 7.78. The minimum Gasteiger partial charge on any atom is -0.425 e. The topological polar surface area (TPSA) is 52.6 Å². The van der Waals surface area contributed by atoms with E-state index in [1.165, 1.54) is 0 Å². The first-order valence-corrected chi connectivity index (χ1v) is 5.51. The fraction of sp³-hybridized carbons (Fsp3) is 0.750. The Morgan fingerprint density at radius 2 is 1.57 bits per heavy atom. The quantitative estimate of drug-likeness (QED) is 0.413. The minimum absolute atomic E-state index is 0.0291. The van der Waals surface area contributed by atoms with Crippen LogP contribution in [0.1, 0.15) is 19.8 Å². The SMILES string of the molecule is CCCC(OC(=O)CS)OC(=O)CS. The van der Waals surface area contributed by atoms with E-state index in [4.69, 9.17) is 9.47 Å². The largest absolute Gasteiger partial charge is 0.425 e. The van der Waals surface area contributed by atoms with Gasteiger partial charge in [-0.05, 0) is 6.42 Å². The molecule has 4 nitrogen and oxygen atoms in total. The van der Waals surface area contributed by atoms with Gasteiger partial charge in [0.1, 0.15) is 0 Å². The van der Waals surface area contributed by atoms with Crippen molar-refractivity contribution in [3.05, 3.63) is 0 Å². The van der Waals surface area contributed by atoms with Crippen molar-refractivity contribution < 1.29 is 19.1 Å². The lowest BCUT2D eigenvalue weighted by molar-refractivity contribution is -0.185. The van der Waals surface area contributed by atoms with Crippen molar-refractivity contribution >= 4 is 37.2 Å². The molecule has 0 aliphatic rings. The molecule has 0 aromatic heterocycles. The van der Waals surface area contributed by atoms with Crippen molar-refractivity contribution in [1.82, 2.24) is 0 Å². The Labute approximate surface area is 94.2 Å². The highest BCUT2D eigenvalue weighted by Gasteiger charge is 2.16. The Morgan fingerprint density at radius 3 is 1.86 bits per heavy atom. The van der Waals surface area contributed by atoms with Gasteiger partial charge in [0.25, 0.3) is 0 Å². The third kappa shape index (κ3) is 6.15. The van der Waals surface area contributed by atoms with Crippen LogP contribution >= 0.6 is 25.3 Å². The van der Waals surface area contributed by atoms with Crippen molar-refractivity contribution in [2.45, 2.75) is 26.1 Å².